The Balaban J connectivity index is 2.66. The number of furan rings is 1. The van der Waals surface area contributed by atoms with Crippen molar-refractivity contribution in [1.82, 2.24) is 0 Å². The van der Waals surface area contributed by atoms with E-state index < -0.39 is 5.91 Å². The van der Waals surface area contributed by atoms with Gasteiger partial charge in [-0.15, -0.1) is 0 Å². The molecule has 4 heteroatoms. The molecule has 1 aromatic carbocycles. The fourth-order valence-electron chi connectivity index (χ4n) is 2.07. The quantitative estimate of drug-likeness (QED) is 0.870. The van der Waals surface area contributed by atoms with E-state index in [2.05, 4.69) is 13.8 Å². The average Bonchev–Trinajstić information content (AvgIpc) is 2.71. The third kappa shape index (κ3) is 1.97. The molecule has 2 aromatic rings. The van der Waals surface area contributed by atoms with Gasteiger partial charge in [-0.1, -0.05) is 38.1 Å². The van der Waals surface area contributed by atoms with Gasteiger partial charge in [0.25, 0.3) is 5.91 Å². The highest BCUT2D eigenvalue weighted by Gasteiger charge is 2.20. The maximum atomic E-state index is 11.4. The first-order chi connectivity index (χ1) is 8.52. The van der Waals surface area contributed by atoms with Crippen molar-refractivity contribution in [2.75, 3.05) is 5.73 Å². The van der Waals surface area contributed by atoms with E-state index in [-0.39, 0.29) is 11.4 Å². The molecule has 0 fully saturated rings. The number of nitrogens with two attached hydrogens (primary N) is 2. The molecule has 0 radical (unpaired) electrons. The van der Waals surface area contributed by atoms with Crippen LogP contribution in [0, 0.1) is 0 Å². The molecule has 1 heterocycles. The minimum Gasteiger partial charge on any atom is -0.448 e. The van der Waals surface area contributed by atoms with E-state index in [1.807, 2.05) is 24.3 Å². The minimum absolute atomic E-state index is 0.0658. The van der Waals surface area contributed by atoms with E-state index in [0.29, 0.717) is 11.5 Å². The number of benzene rings is 1. The third-order valence-electron chi connectivity index (χ3n) is 2.94. The van der Waals surface area contributed by atoms with E-state index in [1.165, 1.54) is 6.26 Å². The maximum absolute atomic E-state index is 11.4. The van der Waals surface area contributed by atoms with Crippen molar-refractivity contribution >= 4 is 11.8 Å². The van der Waals surface area contributed by atoms with E-state index in [0.717, 1.165) is 11.1 Å². The van der Waals surface area contributed by atoms with Crippen LogP contribution in [0.1, 0.15) is 35.7 Å². The van der Waals surface area contributed by atoms with Gasteiger partial charge in [-0.3, -0.25) is 4.79 Å². The highest BCUT2D eigenvalue weighted by Crippen LogP contribution is 2.34. The summed E-state index contributed by atoms with van der Waals surface area (Å²) in [7, 11) is 0. The number of rotatable bonds is 3. The van der Waals surface area contributed by atoms with Gasteiger partial charge in [-0.2, -0.15) is 0 Å². The highest BCUT2D eigenvalue weighted by molar-refractivity contribution is 6.04. The second-order valence-corrected chi connectivity index (χ2v) is 4.49. The third-order valence-corrected chi connectivity index (χ3v) is 2.94. The second-order valence-electron chi connectivity index (χ2n) is 4.49. The first-order valence-electron chi connectivity index (χ1n) is 5.78. The summed E-state index contributed by atoms with van der Waals surface area (Å²) in [4.78, 5) is 11.4. The molecule has 0 bridgehead atoms. The molecular formula is C14H16N2O2. The number of carbonyl (C=O) groups is 1. The predicted molar refractivity (Wildman–Crippen MR) is 71.2 cm³/mol. The molecule has 18 heavy (non-hydrogen) atoms. The van der Waals surface area contributed by atoms with Gasteiger partial charge in [0, 0.05) is 5.56 Å². The van der Waals surface area contributed by atoms with Gasteiger partial charge in [0.1, 0.15) is 11.8 Å². The molecule has 4 N–H and O–H groups in total. The number of anilines is 1. The van der Waals surface area contributed by atoms with Crippen molar-refractivity contribution in [3.8, 4) is 11.1 Å². The molecule has 4 nitrogen and oxygen atoms in total. The van der Waals surface area contributed by atoms with Crippen molar-refractivity contribution in [3.63, 3.8) is 0 Å². The van der Waals surface area contributed by atoms with Crippen LogP contribution in [0.3, 0.4) is 0 Å². The molecule has 0 unspecified atom stereocenters. The second kappa shape index (κ2) is 4.56. The van der Waals surface area contributed by atoms with E-state index >= 15 is 0 Å². The zero-order valence-electron chi connectivity index (χ0n) is 10.4. The Labute approximate surface area is 106 Å². The monoisotopic (exact) mass is 244 g/mol. The Kier molecular flexibility index (Phi) is 3.10. The standard InChI is InChI=1S/C14H16N2O2/c1-8(2)9-5-3-4-6-10(9)11-7-18-14(16)12(11)13(15)17/h3-8H,16H2,1-2H3,(H2,15,17). The zero-order valence-corrected chi connectivity index (χ0v) is 10.4. The summed E-state index contributed by atoms with van der Waals surface area (Å²) in [5.41, 5.74) is 14.0. The molecule has 0 saturated carbocycles. The summed E-state index contributed by atoms with van der Waals surface area (Å²) in [5.74, 6) is -0.177. The molecule has 0 saturated heterocycles. The lowest BCUT2D eigenvalue weighted by molar-refractivity contribution is 0.100. The van der Waals surface area contributed by atoms with Gasteiger partial charge >= 0.3 is 0 Å². The van der Waals surface area contributed by atoms with E-state index in [1.54, 1.807) is 0 Å². The Bertz CT molecular complexity index is 585. The summed E-state index contributed by atoms with van der Waals surface area (Å²) in [6.07, 6.45) is 1.48. The normalized spacial score (nSPS) is 10.8. The van der Waals surface area contributed by atoms with Crippen molar-refractivity contribution in [3.05, 3.63) is 41.7 Å². The SMILES string of the molecule is CC(C)c1ccccc1-c1coc(N)c1C(N)=O. The molecular weight excluding hydrogens is 228 g/mol. The summed E-state index contributed by atoms with van der Waals surface area (Å²) in [6, 6.07) is 7.83. The van der Waals surface area contributed by atoms with Gasteiger partial charge < -0.3 is 15.9 Å². The van der Waals surface area contributed by atoms with E-state index in [4.69, 9.17) is 15.9 Å². The largest absolute Gasteiger partial charge is 0.448 e. The zero-order chi connectivity index (χ0) is 13.3. The lowest BCUT2D eigenvalue weighted by Crippen LogP contribution is -2.13. The number of hydrogen-bond acceptors (Lipinski definition) is 3. The minimum atomic E-state index is -0.574. The Hall–Kier alpha value is -2.23. The van der Waals surface area contributed by atoms with Crippen LogP contribution in [0.25, 0.3) is 11.1 Å². The lowest BCUT2D eigenvalue weighted by atomic mass is 9.92. The van der Waals surface area contributed by atoms with Crippen LogP contribution in [0.5, 0.6) is 0 Å². The van der Waals surface area contributed by atoms with Crippen molar-refractivity contribution in [2.45, 2.75) is 19.8 Å². The topological polar surface area (TPSA) is 82.2 Å². The van der Waals surface area contributed by atoms with Gasteiger partial charge in [-0.05, 0) is 17.0 Å². The average molecular weight is 244 g/mol. The molecule has 0 aliphatic carbocycles. The van der Waals surface area contributed by atoms with Crippen LogP contribution in [-0.2, 0) is 0 Å². The number of nitrogen functional groups attached to an aromatic ring is 1. The van der Waals surface area contributed by atoms with E-state index in [9.17, 15) is 4.79 Å². The summed E-state index contributed by atoms with van der Waals surface area (Å²) < 4.78 is 5.12. The van der Waals surface area contributed by atoms with Crippen LogP contribution in [0.2, 0.25) is 0 Å². The predicted octanol–water partition coefficient (Wildman–Crippen LogP) is 2.75. The fourth-order valence-corrected chi connectivity index (χ4v) is 2.07. The molecule has 2 rings (SSSR count). The number of hydrogen-bond donors (Lipinski definition) is 2. The maximum Gasteiger partial charge on any atom is 0.254 e. The Morgan fingerprint density at radius 3 is 2.50 bits per heavy atom. The summed E-state index contributed by atoms with van der Waals surface area (Å²) >= 11 is 0. The molecule has 0 aliphatic heterocycles. The van der Waals surface area contributed by atoms with Crippen molar-refractivity contribution in [2.24, 2.45) is 5.73 Å². The van der Waals surface area contributed by atoms with Gasteiger partial charge in [0.05, 0.1) is 0 Å². The van der Waals surface area contributed by atoms with Gasteiger partial charge in [-0.25, -0.2) is 0 Å². The molecule has 1 aromatic heterocycles. The molecule has 1 amide bonds. The van der Waals surface area contributed by atoms with Crippen molar-refractivity contribution in [1.29, 1.82) is 0 Å². The Morgan fingerprint density at radius 2 is 1.89 bits per heavy atom. The number of carbonyl (C=O) groups excluding carboxylic acids is 1. The first kappa shape index (κ1) is 12.2. The lowest BCUT2D eigenvalue weighted by Gasteiger charge is -2.11. The van der Waals surface area contributed by atoms with Crippen molar-refractivity contribution < 1.29 is 9.21 Å². The molecule has 0 atom stereocenters. The van der Waals surface area contributed by atoms with Crippen LogP contribution in [-0.4, -0.2) is 5.91 Å². The van der Waals surface area contributed by atoms with Crippen LogP contribution >= 0.6 is 0 Å². The van der Waals surface area contributed by atoms with Crippen LogP contribution in [0.15, 0.2) is 34.9 Å². The molecule has 0 aliphatic rings. The number of amides is 1. The summed E-state index contributed by atoms with van der Waals surface area (Å²) in [6.45, 7) is 4.18. The summed E-state index contributed by atoms with van der Waals surface area (Å²) in [5, 5.41) is 0. The molecule has 0 spiro atoms. The van der Waals surface area contributed by atoms with Gasteiger partial charge in [0.15, 0.2) is 0 Å². The smallest absolute Gasteiger partial charge is 0.254 e. The van der Waals surface area contributed by atoms with Crippen LogP contribution in [0.4, 0.5) is 5.88 Å². The molecule has 94 valence electrons. The number of primary amides is 1. The Morgan fingerprint density at radius 1 is 1.22 bits per heavy atom. The highest BCUT2D eigenvalue weighted by atomic mass is 16.3. The fraction of sp³-hybridized carbons (Fsp3) is 0.214. The van der Waals surface area contributed by atoms with Gasteiger partial charge in [0.2, 0.25) is 5.88 Å². The first-order valence-corrected chi connectivity index (χ1v) is 5.78. The van der Waals surface area contributed by atoms with Crippen LogP contribution < -0.4 is 11.5 Å².